The molecule has 1 aliphatic rings. The minimum Gasteiger partial charge on any atom is -0.377 e. The van der Waals surface area contributed by atoms with Gasteiger partial charge >= 0.3 is 0 Å². The molecular formula is C20H32O4S. The van der Waals surface area contributed by atoms with E-state index in [4.69, 9.17) is 8.92 Å². The maximum absolute atomic E-state index is 12.2. The first-order valence-corrected chi connectivity index (χ1v) is 11.0. The first-order chi connectivity index (χ1) is 12.1. The zero-order valence-corrected chi connectivity index (χ0v) is 16.2. The third kappa shape index (κ3) is 7.89. The Labute approximate surface area is 153 Å². The third-order valence-electron chi connectivity index (χ3n) is 4.91. The Kier molecular flexibility index (Phi) is 8.93. The van der Waals surface area contributed by atoms with Crippen molar-refractivity contribution in [2.75, 3.05) is 13.2 Å². The molecule has 0 aliphatic heterocycles. The van der Waals surface area contributed by atoms with Crippen molar-refractivity contribution in [1.29, 1.82) is 0 Å². The normalized spacial score (nSPS) is 21.3. The summed E-state index contributed by atoms with van der Waals surface area (Å²) in [6.07, 6.45) is 7.31. The van der Waals surface area contributed by atoms with Crippen LogP contribution in [0.1, 0.15) is 63.9 Å². The minimum absolute atomic E-state index is 0.282. The van der Waals surface area contributed by atoms with Crippen LogP contribution < -0.4 is 0 Å². The molecule has 0 atom stereocenters. The molecule has 0 amide bonds. The second-order valence-electron chi connectivity index (χ2n) is 7.15. The van der Waals surface area contributed by atoms with Crippen LogP contribution in [0.25, 0.3) is 0 Å². The van der Waals surface area contributed by atoms with Gasteiger partial charge in [-0.15, -0.1) is 0 Å². The SMILES string of the molecule is CC1CCC(S(=O)(=O)OCCCCCCOCc2ccccc2)CC1. The molecule has 0 unspecified atom stereocenters. The standard InChI is InChI=1S/C20H32O4S/c1-18-11-13-20(14-12-18)25(21,22)24-16-8-3-2-7-15-23-17-19-9-5-4-6-10-19/h4-6,9-10,18,20H,2-3,7-8,11-17H2,1H3. The van der Waals surface area contributed by atoms with Crippen LogP contribution >= 0.6 is 0 Å². The molecule has 0 saturated heterocycles. The average molecular weight is 369 g/mol. The highest BCUT2D eigenvalue weighted by Gasteiger charge is 2.30. The first kappa shape index (κ1) is 20.4. The van der Waals surface area contributed by atoms with Crippen LogP contribution in [0.15, 0.2) is 30.3 Å². The van der Waals surface area contributed by atoms with Crippen molar-refractivity contribution in [3.05, 3.63) is 35.9 Å². The van der Waals surface area contributed by atoms with Crippen molar-refractivity contribution >= 4 is 10.1 Å². The van der Waals surface area contributed by atoms with E-state index in [0.29, 0.717) is 19.1 Å². The van der Waals surface area contributed by atoms with Crippen LogP contribution in [-0.2, 0) is 25.6 Å². The summed E-state index contributed by atoms with van der Waals surface area (Å²) >= 11 is 0. The lowest BCUT2D eigenvalue weighted by atomic mass is 9.91. The molecular weight excluding hydrogens is 336 g/mol. The molecule has 0 aromatic heterocycles. The Morgan fingerprint density at radius 1 is 0.920 bits per heavy atom. The van der Waals surface area contributed by atoms with Gasteiger partial charge in [0, 0.05) is 6.61 Å². The second-order valence-corrected chi connectivity index (χ2v) is 9.04. The predicted octanol–water partition coefficient (Wildman–Crippen LogP) is 4.69. The Hall–Kier alpha value is -0.910. The van der Waals surface area contributed by atoms with Gasteiger partial charge in [-0.1, -0.05) is 50.1 Å². The van der Waals surface area contributed by atoms with Crippen molar-refractivity contribution in [1.82, 2.24) is 0 Å². The van der Waals surface area contributed by atoms with Crippen molar-refractivity contribution in [2.45, 2.75) is 70.1 Å². The smallest absolute Gasteiger partial charge is 0.270 e. The lowest BCUT2D eigenvalue weighted by Crippen LogP contribution is -2.28. The Morgan fingerprint density at radius 3 is 2.24 bits per heavy atom. The van der Waals surface area contributed by atoms with Gasteiger partial charge in [0.15, 0.2) is 0 Å². The summed E-state index contributed by atoms with van der Waals surface area (Å²) in [6.45, 7) is 3.91. The first-order valence-electron chi connectivity index (χ1n) is 9.58. The topological polar surface area (TPSA) is 52.6 Å². The number of hydrogen-bond donors (Lipinski definition) is 0. The molecule has 0 bridgehead atoms. The fourth-order valence-corrected chi connectivity index (χ4v) is 4.61. The van der Waals surface area contributed by atoms with Crippen LogP contribution in [0.4, 0.5) is 0 Å². The van der Waals surface area contributed by atoms with Crippen molar-refractivity contribution in [2.24, 2.45) is 5.92 Å². The van der Waals surface area contributed by atoms with E-state index in [2.05, 4.69) is 19.1 Å². The van der Waals surface area contributed by atoms with Gasteiger partial charge in [0.1, 0.15) is 0 Å². The van der Waals surface area contributed by atoms with E-state index in [1.54, 1.807) is 0 Å². The van der Waals surface area contributed by atoms with Crippen LogP contribution in [0.5, 0.6) is 0 Å². The fourth-order valence-electron chi connectivity index (χ4n) is 3.21. The number of ether oxygens (including phenoxy) is 1. The predicted molar refractivity (Wildman–Crippen MR) is 101 cm³/mol. The molecule has 2 rings (SSSR count). The summed E-state index contributed by atoms with van der Waals surface area (Å²) in [5.74, 6) is 0.649. The molecule has 0 spiro atoms. The Balaban J connectivity index is 1.46. The fraction of sp³-hybridized carbons (Fsp3) is 0.700. The lowest BCUT2D eigenvalue weighted by molar-refractivity contribution is 0.116. The highest BCUT2D eigenvalue weighted by atomic mass is 32.2. The van der Waals surface area contributed by atoms with Gasteiger partial charge in [-0.25, -0.2) is 0 Å². The lowest BCUT2D eigenvalue weighted by Gasteiger charge is -2.25. The van der Waals surface area contributed by atoms with Gasteiger partial charge in [-0.3, -0.25) is 4.18 Å². The van der Waals surface area contributed by atoms with Gasteiger partial charge in [0.25, 0.3) is 10.1 Å². The summed E-state index contributed by atoms with van der Waals surface area (Å²) < 4.78 is 35.2. The van der Waals surface area contributed by atoms with Crippen molar-refractivity contribution < 1.29 is 17.3 Å². The van der Waals surface area contributed by atoms with Crippen LogP contribution in [-0.4, -0.2) is 26.9 Å². The summed E-state index contributed by atoms with van der Waals surface area (Å²) in [6, 6.07) is 10.2. The van der Waals surface area contributed by atoms with E-state index in [0.717, 1.165) is 58.0 Å². The van der Waals surface area contributed by atoms with E-state index in [1.165, 1.54) is 5.56 Å². The zero-order valence-electron chi connectivity index (χ0n) is 15.4. The summed E-state index contributed by atoms with van der Waals surface area (Å²) in [5.41, 5.74) is 1.19. The van der Waals surface area contributed by atoms with Crippen molar-refractivity contribution in [3.8, 4) is 0 Å². The maximum atomic E-state index is 12.2. The number of rotatable bonds is 11. The van der Waals surface area contributed by atoms with Gasteiger partial charge in [-0.2, -0.15) is 8.42 Å². The zero-order chi connectivity index (χ0) is 18.0. The molecule has 1 aromatic carbocycles. The highest BCUT2D eigenvalue weighted by molar-refractivity contribution is 7.87. The largest absolute Gasteiger partial charge is 0.377 e. The molecule has 4 nitrogen and oxygen atoms in total. The van der Waals surface area contributed by atoms with Crippen LogP contribution in [0.3, 0.4) is 0 Å². The van der Waals surface area contributed by atoms with Gasteiger partial charge in [-0.05, 0) is 50.0 Å². The molecule has 1 aromatic rings. The summed E-state index contributed by atoms with van der Waals surface area (Å²) in [5, 5.41) is -0.282. The Bertz CT molecular complexity index is 563. The molecule has 0 heterocycles. The number of hydrogen-bond acceptors (Lipinski definition) is 4. The molecule has 0 radical (unpaired) electrons. The minimum atomic E-state index is -3.36. The van der Waals surface area contributed by atoms with E-state index < -0.39 is 10.1 Å². The van der Waals surface area contributed by atoms with Crippen LogP contribution in [0, 0.1) is 5.92 Å². The van der Waals surface area contributed by atoms with E-state index in [1.807, 2.05) is 18.2 Å². The van der Waals surface area contributed by atoms with E-state index >= 15 is 0 Å². The average Bonchev–Trinajstić information content (AvgIpc) is 2.61. The molecule has 1 fully saturated rings. The van der Waals surface area contributed by atoms with Gasteiger partial charge in [0.2, 0.25) is 0 Å². The number of benzene rings is 1. The molecule has 25 heavy (non-hydrogen) atoms. The quantitative estimate of drug-likeness (QED) is 0.420. The Morgan fingerprint density at radius 2 is 1.56 bits per heavy atom. The van der Waals surface area contributed by atoms with Gasteiger partial charge < -0.3 is 4.74 Å². The van der Waals surface area contributed by atoms with Crippen LogP contribution in [0.2, 0.25) is 0 Å². The molecule has 1 saturated carbocycles. The third-order valence-corrected chi connectivity index (χ3v) is 6.70. The highest BCUT2D eigenvalue weighted by Crippen LogP contribution is 2.28. The molecule has 0 N–H and O–H groups in total. The van der Waals surface area contributed by atoms with E-state index in [-0.39, 0.29) is 5.25 Å². The summed E-state index contributed by atoms with van der Waals surface area (Å²) in [4.78, 5) is 0. The molecule has 142 valence electrons. The second kappa shape index (κ2) is 10.9. The van der Waals surface area contributed by atoms with E-state index in [9.17, 15) is 8.42 Å². The molecule has 5 heteroatoms. The summed E-state index contributed by atoms with van der Waals surface area (Å²) in [7, 11) is -3.36. The van der Waals surface area contributed by atoms with Gasteiger partial charge in [0.05, 0.1) is 18.5 Å². The molecule has 1 aliphatic carbocycles. The monoisotopic (exact) mass is 368 g/mol. The van der Waals surface area contributed by atoms with Crippen molar-refractivity contribution in [3.63, 3.8) is 0 Å². The number of unbranched alkanes of at least 4 members (excludes halogenated alkanes) is 3. The maximum Gasteiger partial charge on any atom is 0.270 e.